The van der Waals surface area contributed by atoms with Gasteiger partial charge in [0.05, 0.1) is 0 Å². The zero-order chi connectivity index (χ0) is 9.84. The standard InChI is InChI=1S/C12H22O/c1-4-10-6-5-7-11(12(10)13)8-9(2)3/h9-11H,4-8H2,1-3H3. The normalized spacial score (nSPS) is 29.7. The molecular formula is C12H22O. The van der Waals surface area contributed by atoms with Crippen LogP contribution in [-0.2, 0) is 4.79 Å². The van der Waals surface area contributed by atoms with Crippen LogP contribution in [0.15, 0.2) is 0 Å². The van der Waals surface area contributed by atoms with Gasteiger partial charge in [0.2, 0.25) is 0 Å². The summed E-state index contributed by atoms with van der Waals surface area (Å²) in [5, 5.41) is 0. The Morgan fingerprint density at radius 2 is 1.92 bits per heavy atom. The Labute approximate surface area is 81.9 Å². The predicted octanol–water partition coefficient (Wildman–Crippen LogP) is 3.43. The van der Waals surface area contributed by atoms with Crippen LogP contribution in [0.25, 0.3) is 0 Å². The largest absolute Gasteiger partial charge is 0.299 e. The number of ketones is 1. The molecule has 2 atom stereocenters. The first-order chi connectivity index (χ1) is 6.15. The van der Waals surface area contributed by atoms with Crippen molar-refractivity contribution in [2.75, 3.05) is 0 Å². The molecule has 2 unspecified atom stereocenters. The molecule has 0 spiro atoms. The van der Waals surface area contributed by atoms with Crippen molar-refractivity contribution in [2.24, 2.45) is 17.8 Å². The Morgan fingerprint density at radius 1 is 1.31 bits per heavy atom. The highest BCUT2D eigenvalue weighted by Gasteiger charge is 2.29. The van der Waals surface area contributed by atoms with Crippen LogP contribution in [-0.4, -0.2) is 5.78 Å². The molecule has 0 amide bonds. The molecule has 0 N–H and O–H groups in total. The highest BCUT2D eigenvalue weighted by atomic mass is 16.1. The molecule has 1 nitrogen and oxygen atoms in total. The molecule has 0 heterocycles. The van der Waals surface area contributed by atoms with E-state index < -0.39 is 0 Å². The van der Waals surface area contributed by atoms with Crippen molar-refractivity contribution in [3.8, 4) is 0 Å². The van der Waals surface area contributed by atoms with E-state index in [0.29, 0.717) is 23.5 Å². The molecule has 1 heteroatoms. The summed E-state index contributed by atoms with van der Waals surface area (Å²) in [7, 11) is 0. The zero-order valence-electron chi connectivity index (χ0n) is 9.18. The van der Waals surface area contributed by atoms with Crippen LogP contribution in [0.3, 0.4) is 0 Å². The molecule has 13 heavy (non-hydrogen) atoms. The van der Waals surface area contributed by atoms with Crippen LogP contribution in [0.1, 0.15) is 52.9 Å². The van der Waals surface area contributed by atoms with E-state index in [9.17, 15) is 4.79 Å². The molecule has 1 aliphatic rings. The maximum Gasteiger partial charge on any atom is 0.139 e. The van der Waals surface area contributed by atoms with Crippen LogP contribution in [0.4, 0.5) is 0 Å². The van der Waals surface area contributed by atoms with Crippen molar-refractivity contribution in [3.05, 3.63) is 0 Å². The molecule has 0 aliphatic heterocycles. The molecule has 1 aliphatic carbocycles. The quantitative estimate of drug-likeness (QED) is 0.653. The van der Waals surface area contributed by atoms with Gasteiger partial charge in [-0.2, -0.15) is 0 Å². The van der Waals surface area contributed by atoms with Gasteiger partial charge in [0, 0.05) is 11.8 Å². The predicted molar refractivity (Wildman–Crippen MR) is 55.6 cm³/mol. The van der Waals surface area contributed by atoms with Gasteiger partial charge in [-0.05, 0) is 31.6 Å². The maximum atomic E-state index is 11.9. The van der Waals surface area contributed by atoms with Gasteiger partial charge in [-0.25, -0.2) is 0 Å². The first-order valence-electron chi connectivity index (χ1n) is 5.68. The molecule has 0 bridgehead atoms. The lowest BCUT2D eigenvalue weighted by atomic mass is 9.76. The van der Waals surface area contributed by atoms with Gasteiger partial charge in [-0.15, -0.1) is 0 Å². The Bertz CT molecular complexity index is 172. The second-order valence-corrected chi connectivity index (χ2v) is 4.76. The summed E-state index contributed by atoms with van der Waals surface area (Å²) in [4.78, 5) is 11.9. The third-order valence-corrected chi connectivity index (χ3v) is 3.16. The molecule has 0 aromatic heterocycles. The highest BCUT2D eigenvalue weighted by molar-refractivity contribution is 5.84. The number of carbonyl (C=O) groups is 1. The minimum Gasteiger partial charge on any atom is -0.299 e. The van der Waals surface area contributed by atoms with Crippen LogP contribution in [0.2, 0.25) is 0 Å². The van der Waals surface area contributed by atoms with Crippen molar-refractivity contribution < 1.29 is 4.79 Å². The van der Waals surface area contributed by atoms with Gasteiger partial charge < -0.3 is 0 Å². The number of hydrogen-bond donors (Lipinski definition) is 0. The van der Waals surface area contributed by atoms with E-state index in [1.165, 1.54) is 6.42 Å². The summed E-state index contributed by atoms with van der Waals surface area (Å²) in [6.45, 7) is 6.56. The fraction of sp³-hybridized carbons (Fsp3) is 0.917. The first kappa shape index (κ1) is 10.7. The molecular weight excluding hydrogens is 160 g/mol. The summed E-state index contributed by atoms with van der Waals surface area (Å²) in [6.07, 6.45) is 5.71. The monoisotopic (exact) mass is 182 g/mol. The highest BCUT2D eigenvalue weighted by Crippen LogP contribution is 2.31. The summed E-state index contributed by atoms with van der Waals surface area (Å²) >= 11 is 0. The molecule has 0 aromatic carbocycles. The first-order valence-corrected chi connectivity index (χ1v) is 5.68. The van der Waals surface area contributed by atoms with Gasteiger partial charge in [0.1, 0.15) is 5.78 Å². The van der Waals surface area contributed by atoms with Crippen molar-refractivity contribution in [2.45, 2.75) is 52.9 Å². The molecule has 1 fully saturated rings. The van der Waals surface area contributed by atoms with Crippen molar-refractivity contribution in [1.82, 2.24) is 0 Å². The average Bonchev–Trinajstić information content (AvgIpc) is 2.08. The fourth-order valence-electron chi connectivity index (χ4n) is 2.44. The third-order valence-electron chi connectivity index (χ3n) is 3.16. The Balaban J connectivity index is 2.50. The minimum absolute atomic E-state index is 0.387. The number of hydrogen-bond acceptors (Lipinski definition) is 1. The molecule has 0 saturated heterocycles. The second kappa shape index (κ2) is 4.78. The number of carbonyl (C=O) groups excluding carboxylic acids is 1. The molecule has 76 valence electrons. The summed E-state index contributed by atoms with van der Waals surface area (Å²) in [5.41, 5.74) is 0. The maximum absolute atomic E-state index is 11.9. The van der Waals surface area contributed by atoms with E-state index >= 15 is 0 Å². The lowest BCUT2D eigenvalue weighted by Crippen LogP contribution is -2.28. The van der Waals surface area contributed by atoms with Crippen LogP contribution in [0.5, 0.6) is 0 Å². The number of rotatable bonds is 3. The van der Waals surface area contributed by atoms with Crippen LogP contribution >= 0.6 is 0 Å². The molecule has 1 saturated carbocycles. The smallest absolute Gasteiger partial charge is 0.139 e. The van der Waals surface area contributed by atoms with Crippen LogP contribution < -0.4 is 0 Å². The van der Waals surface area contributed by atoms with E-state index in [2.05, 4.69) is 20.8 Å². The van der Waals surface area contributed by atoms with E-state index in [1.54, 1.807) is 0 Å². The lowest BCUT2D eigenvalue weighted by Gasteiger charge is -2.28. The third kappa shape index (κ3) is 2.82. The zero-order valence-corrected chi connectivity index (χ0v) is 9.18. The van der Waals surface area contributed by atoms with Crippen molar-refractivity contribution >= 4 is 5.78 Å². The fourth-order valence-corrected chi connectivity index (χ4v) is 2.44. The second-order valence-electron chi connectivity index (χ2n) is 4.76. The van der Waals surface area contributed by atoms with Crippen molar-refractivity contribution in [1.29, 1.82) is 0 Å². The SMILES string of the molecule is CCC1CCCC(CC(C)C)C1=O. The van der Waals surface area contributed by atoms with Gasteiger partial charge in [0.15, 0.2) is 0 Å². The Kier molecular flexibility index (Phi) is 3.95. The average molecular weight is 182 g/mol. The minimum atomic E-state index is 0.387. The van der Waals surface area contributed by atoms with Crippen molar-refractivity contribution in [3.63, 3.8) is 0 Å². The summed E-state index contributed by atoms with van der Waals surface area (Å²) in [6, 6.07) is 0. The topological polar surface area (TPSA) is 17.1 Å². The van der Waals surface area contributed by atoms with Gasteiger partial charge in [-0.3, -0.25) is 4.79 Å². The molecule has 0 radical (unpaired) electrons. The Morgan fingerprint density at radius 3 is 2.46 bits per heavy atom. The van der Waals surface area contributed by atoms with Gasteiger partial charge >= 0.3 is 0 Å². The summed E-state index contributed by atoms with van der Waals surface area (Å²) < 4.78 is 0. The van der Waals surface area contributed by atoms with E-state index in [4.69, 9.17) is 0 Å². The molecule has 0 aromatic rings. The van der Waals surface area contributed by atoms with Gasteiger partial charge in [-0.1, -0.05) is 27.2 Å². The van der Waals surface area contributed by atoms with E-state index in [1.807, 2.05) is 0 Å². The lowest BCUT2D eigenvalue weighted by molar-refractivity contribution is -0.129. The summed E-state index contributed by atoms with van der Waals surface area (Å²) in [5.74, 6) is 2.00. The van der Waals surface area contributed by atoms with E-state index in [0.717, 1.165) is 25.7 Å². The number of Topliss-reactive ketones (excluding diaryl/α,β-unsaturated/α-hetero) is 1. The van der Waals surface area contributed by atoms with Crippen LogP contribution in [0, 0.1) is 17.8 Å². The van der Waals surface area contributed by atoms with E-state index in [-0.39, 0.29) is 0 Å². The molecule has 1 rings (SSSR count). The Hall–Kier alpha value is -0.330. The van der Waals surface area contributed by atoms with Gasteiger partial charge in [0.25, 0.3) is 0 Å².